The molecule has 0 saturated carbocycles. The molecule has 2 saturated heterocycles. The van der Waals surface area contributed by atoms with Gasteiger partial charge in [0.2, 0.25) is 33.0 Å². The lowest BCUT2D eigenvalue weighted by Crippen LogP contribution is -2.57. The third-order valence-corrected chi connectivity index (χ3v) is 11.7. The van der Waals surface area contributed by atoms with E-state index in [0.29, 0.717) is 19.3 Å². The lowest BCUT2D eigenvalue weighted by Gasteiger charge is -2.28. The van der Waals surface area contributed by atoms with Crippen molar-refractivity contribution in [1.29, 1.82) is 0 Å². The van der Waals surface area contributed by atoms with E-state index in [1.54, 1.807) is 13.8 Å². The van der Waals surface area contributed by atoms with E-state index in [-0.39, 0.29) is 43.3 Å². The van der Waals surface area contributed by atoms with Crippen molar-refractivity contribution in [3.8, 4) is 11.1 Å². The smallest absolute Gasteiger partial charge is 0.262 e. The molecule has 22 heteroatoms. The van der Waals surface area contributed by atoms with Crippen LogP contribution in [0, 0.1) is 0 Å². The lowest BCUT2D eigenvalue weighted by atomic mass is 10.0. The Labute approximate surface area is 337 Å². The van der Waals surface area contributed by atoms with Crippen LogP contribution in [-0.4, -0.2) is 74.9 Å². The maximum absolute atomic E-state index is 14.2. The van der Waals surface area contributed by atoms with Crippen molar-refractivity contribution < 1.29 is 36.0 Å². The lowest BCUT2D eigenvalue weighted by molar-refractivity contribution is -0.132. The Balaban J connectivity index is 1.89. The summed E-state index contributed by atoms with van der Waals surface area (Å²) in [5, 5.41) is 24.6. The maximum atomic E-state index is 14.2. The van der Waals surface area contributed by atoms with E-state index in [9.17, 15) is 36.0 Å². The van der Waals surface area contributed by atoms with Gasteiger partial charge in [-0.2, -0.15) is 20.5 Å². The standard InChI is InChI=1S/C34H44N10O8S4/c1-5-7-9-11-19(3)43-56(51,52)26-18-22(40-42-28-31(47)37-34(54)38-32(28)48)14-16-24(26)23-15-13-21(39-41-27-29(45)35-33(53)36-30(27)46)17-25(23)44(55(49)50)20(4)12-10-8-6-2/h13-20,27-28,43,55H,5-12H2,1-4H3,(H2,35,36,45,46,53)(H2,37,38,47,48,54). The van der Waals surface area contributed by atoms with E-state index in [4.69, 9.17) is 24.4 Å². The number of carbonyl (C=O) groups is 4. The molecule has 0 bridgehead atoms. The third-order valence-electron chi connectivity index (χ3n) is 8.71. The highest BCUT2D eigenvalue weighted by atomic mass is 32.2. The second-order valence-electron chi connectivity index (χ2n) is 13.2. The number of rotatable bonds is 19. The number of benzene rings is 2. The quantitative estimate of drug-likeness (QED) is 0.0392. The van der Waals surface area contributed by atoms with Crippen LogP contribution in [-0.2, 0) is 40.1 Å². The molecule has 2 aliphatic heterocycles. The van der Waals surface area contributed by atoms with Crippen LogP contribution >= 0.6 is 24.4 Å². The Kier molecular flexibility index (Phi) is 15.7. The molecule has 2 fully saturated rings. The molecule has 0 aliphatic carbocycles. The first kappa shape index (κ1) is 44.1. The molecule has 2 aliphatic rings. The number of azo groups is 2. The van der Waals surface area contributed by atoms with E-state index in [0.717, 1.165) is 36.4 Å². The van der Waals surface area contributed by atoms with Crippen LogP contribution in [0.5, 0.6) is 0 Å². The number of carbonyl (C=O) groups excluding carboxylic acids is 4. The van der Waals surface area contributed by atoms with Crippen molar-refractivity contribution in [1.82, 2.24) is 26.0 Å². The number of nitrogens with zero attached hydrogens (tertiary/aromatic N) is 5. The summed E-state index contributed by atoms with van der Waals surface area (Å²) in [5.41, 5.74) is 0.328. The summed E-state index contributed by atoms with van der Waals surface area (Å²) in [7, 11) is -7.68. The van der Waals surface area contributed by atoms with Crippen LogP contribution in [0.1, 0.15) is 79.1 Å². The maximum Gasteiger partial charge on any atom is 0.262 e. The van der Waals surface area contributed by atoms with Gasteiger partial charge in [0, 0.05) is 23.2 Å². The minimum Gasteiger partial charge on any atom is -0.300 e. The molecule has 5 N–H and O–H groups in total. The Bertz CT molecular complexity index is 2080. The fourth-order valence-electron chi connectivity index (χ4n) is 5.88. The molecule has 0 aromatic heterocycles. The number of sulfonamides is 1. The molecule has 56 heavy (non-hydrogen) atoms. The van der Waals surface area contributed by atoms with Crippen LogP contribution in [0.3, 0.4) is 0 Å². The highest BCUT2D eigenvalue weighted by Gasteiger charge is 2.34. The van der Waals surface area contributed by atoms with Gasteiger partial charge in [0.05, 0.1) is 22.0 Å². The van der Waals surface area contributed by atoms with Crippen LogP contribution in [0.25, 0.3) is 11.1 Å². The van der Waals surface area contributed by atoms with Gasteiger partial charge in [-0.3, -0.25) is 23.5 Å². The molecule has 2 aromatic carbocycles. The Hall–Kier alpha value is -4.64. The van der Waals surface area contributed by atoms with Gasteiger partial charge in [0.1, 0.15) is 0 Å². The molecule has 2 aromatic rings. The second-order valence-corrected chi connectivity index (χ2v) is 16.6. The van der Waals surface area contributed by atoms with E-state index in [2.05, 4.69) is 46.4 Å². The zero-order chi connectivity index (χ0) is 41.2. The average molecular weight is 849 g/mol. The molecule has 0 radical (unpaired) electrons. The summed E-state index contributed by atoms with van der Waals surface area (Å²) >= 11 is 9.67. The fraction of sp³-hybridized carbons (Fsp3) is 0.471. The van der Waals surface area contributed by atoms with Gasteiger partial charge in [-0.15, -0.1) is 0 Å². The fourth-order valence-corrected chi connectivity index (χ4v) is 8.58. The zero-order valence-electron chi connectivity index (χ0n) is 31.1. The molecule has 302 valence electrons. The van der Waals surface area contributed by atoms with Crippen molar-refractivity contribution in [2.24, 2.45) is 20.5 Å². The number of anilines is 1. The SMILES string of the molecule is CCCCCC(C)NS(=O)(=O)c1cc(N=NC2C(=O)NC(=S)NC2=O)ccc1-c1ccc(N=NC2C(=O)NC(=S)NC2=O)cc1N(C(C)CCCCC)[SH](=O)=O. The summed E-state index contributed by atoms with van der Waals surface area (Å²) in [5.74, 6) is -3.23. The Morgan fingerprint density at radius 1 is 0.732 bits per heavy atom. The van der Waals surface area contributed by atoms with Crippen molar-refractivity contribution >= 4 is 96.3 Å². The number of unbranched alkanes of at least 4 members (excludes halogenated alkanes) is 4. The number of thiol groups is 1. The first-order valence-electron chi connectivity index (χ1n) is 17.9. The minimum atomic E-state index is -4.36. The summed E-state index contributed by atoms with van der Waals surface area (Å²) in [6.07, 6.45) is 6.07. The normalized spacial score (nSPS) is 16.9. The van der Waals surface area contributed by atoms with E-state index in [1.807, 2.05) is 13.8 Å². The summed E-state index contributed by atoms with van der Waals surface area (Å²) in [6.45, 7) is 7.50. The Morgan fingerprint density at radius 2 is 1.20 bits per heavy atom. The number of hydrogen-bond donors (Lipinski definition) is 6. The number of thiocarbonyl (C=S) groups is 2. The topological polar surface area (TPSA) is 249 Å². The molecular formula is C34H44N10O8S4. The van der Waals surface area contributed by atoms with Crippen LogP contribution in [0.2, 0.25) is 0 Å². The summed E-state index contributed by atoms with van der Waals surface area (Å²) in [4.78, 5) is 49.4. The molecule has 18 nitrogen and oxygen atoms in total. The third kappa shape index (κ3) is 11.5. The molecule has 0 spiro atoms. The second kappa shape index (κ2) is 20.0. The van der Waals surface area contributed by atoms with E-state index >= 15 is 0 Å². The molecular weight excluding hydrogens is 805 g/mol. The highest BCUT2D eigenvalue weighted by molar-refractivity contribution is 7.89. The first-order valence-corrected chi connectivity index (χ1v) is 21.4. The van der Waals surface area contributed by atoms with Gasteiger partial charge < -0.3 is 21.3 Å². The predicted molar refractivity (Wildman–Crippen MR) is 217 cm³/mol. The summed E-state index contributed by atoms with van der Waals surface area (Å²) in [6, 6.07) is 4.05. The number of nitrogens with one attached hydrogen (secondary N) is 5. The van der Waals surface area contributed by atoms with Crippen molar-refractivity contribution in [2.45, 2.75) is 108 Å². The van der Waals surface area contributed by atoms with Gasteiger partial charge in [-0.1, -0.05) is 64.5 Å². The molecule has 2 unspecified atom stereocenters. The van der Waals surface area contributed by atoms with Crippen LogP contribution in [0.4, 0.5) is 17.1 Å². The van der Waals surface area contributed by atoms with Gasteiger partial charge >= 0.3 is 0 Å². The average Bonchev–Trinajstić information content (AvgIpc) is 3.11. The number of amides is 4. The molecule has 2 heterocycles. The van der Waals surface area contributed by atoms with Crippen molar-refractivity contribution in [2.75, 3.05) is 4.31 Å². The largest absolute Gasteiger partial charge is 0.300 e. The molecule has 4 amide bonds. The zero-order valence-corrected chi connectivity index (χ0v) is 34.4. The predicted octanol–water partition coefficient (Wildman–Crippen LogP) is 3.87. The van der Waals surface area contributed by atoms with E-state index in [1.165, 1.54) is 36.4 Å². The van der Waals surface area contributed by atoms with E-state index < -0.39 is 68.7 Å². The van der Waals surface area contributed by atoms with Crippen molar-refractivity contribution in [3.63, 3.8) is 0 Å². The van der Waals surface area contributed by atoms with Gasteiger partial charge in [0.15, 0.2) is 10.2 Å². The highest BCUT2D eigenvalue weighted by Crippen LogP contribution is 2.40. The first-order chi connectivity index (χ1) is 26.6. The van der Waals surface area contributed by atoms with Crippen LogP contribution in [0.15, 0.2) is 61.8 Å². The van der Waals surface area contributed by atoms with Gasteiger partial charge in [0.25, 0.3) is 23.6 Å². The minimum absolute atomic E-state index is 0.0308. The summed E-state index contributed by atoms with van der Waals surface area (Å²) < 4.78 is 58.5. The number of hydrogen-bond acceptors (Lipinski definition) is 14. The van der Waals surface area contributed by atoms with Gasteiger partial charge in [-0.05, 0) is 75.4 Å². The molecule has 2 atom stereocenters. The van der Waals surface area contributed by atoms with Crippen LogP contribution < -0.4 is 30.3 Å². The monoisotopic (exact) mass is 848 g/mol. The Morgan fingerprint density at radius 3 is 1.68 bits per heavy atom. The molecule has 4 rings (SSSR count). The van der Waals surface area contributed by atoms with Gasteiger partial charge in [-0.25, -0.2) is 21.6 Å². The van der Waals surface area contributed by atoms with Crippen molar-refractivity contribution in [3.05, 3.63) is 36.4 Å².